The van der Waals surface area contributed by atoms with Gasteiger partial charge in [-0.05, 0) is 12.1 Å². The van der Waals surface area contributed by atoms with Gasteiger partial charge in [-0.25, -0.2) is 0 Å². The molecule has 0 heterocycles. The van der Waals surface area contributed by atoms with Crippen LogP contribution >= 0.6 is 0 Å². The number of aromatic hydroxyl groups is 1. The van der Waals surface area contributed by atoms with Gasteiger partial charge in [0.25, 0.3) is 0 Å². The molecule has 1 rings (SSSR count). The molecule has 1 aromatic carbocycles. The normalized spacial score (nSPS) is 9.50. The largest absolute Gasteiger partial charge is 0.507 e. The number of carbonyl (C=O) groups is 2. The topological polar surface area (TPSA) is 63.6 Å². The SMILES string of the molecule is CC(=O)OCC(=O)c1ccccc1O. The minimum atomic E-state index is -0.520. The van der Waals surface area contributed by atoms with Crippen molar-refractivity contribution in [3.05, 3.63) is 29.8 Å². The average Bonchev–Trinajstić information content (AvgIpc) is 2.15. The van der Waals surface area contributed by atoms with Crippen molar-refractivity contribution in [3.8, 4) is 5.75 Å². The highest BCUT2D eigenvalue weighted by molar-refractivity contribution is 6.00. The third kappa shape index (κ3) is 2.58. The minimum Gasteiger partial charge on any atom is -0.507 e. The Hall–Kier alpha value is -1.84. The van der Waals surface area contributed by atoms with Gasteiger partial charge in [-0.2, -0.15) is 0 Å². The van der Waals surface area contributed by atoms with Gasteiger partial charge in [-0.3, -0.25) is 9.59 Å². The lowest BCUT2D eigenvalue weighted by Gasteiger charge is -2.03. The quantitative estimate of drug-likeness (QED) is 0.578. The maximum atomic E-state index is 11.3. The molecule has 0 radical (unpaired) electrons. The Morgan fingerprint density at radius 1 is 1.36 bits per heavy atom. The molecule has 4 nitrogen and oxygen atoms in total. The van der Waals surface area contributed by atoms with Crippen LogP contribution in [0.15, 0.2) is 24.3 Å². The van der Waals surface area contributed by atoms with Gasteiger partial charge >= 0.3 is 5.97 Å². The fourth-order valence-corrected chi connectivity index (χ4v) is 0.954. The van der Waals surface area contributed by atoms with Crippen LogP contribution in [0.1, 0.15) is 17.3 Å². The summed E-state index contributed by atoms with van der Waals surface area (Å²) in [6, 6.07) is 6.11. The molecule has 74 valence electrons. The Labute approximate surface area is 81.1 Å². The van der Waals surface area contributed by atoms with Gasteiger partial charge in [0.2, 0.25) is 5.78 Å². The molecular formula is C10H10O4. The number of rotatable bonds is 3. The molecule has 14 heavy (non-hydrogen) atoms. The summed E-state index contributed by atoms with van der Waals surface area (Å²) >= 11 is 0. The van der Waals surface area contributed by atoms with Crippen LogP contribution in [0.4, 0.5) is 0 Å². The monoisotopic (exact) mass is 194 g/mol. The Morgan fingerprint density at radius 3 is 2.57 bits per heavy atom. The van der Waals surface area contributed by atoms with E-state index in [9.17, 15) is 14.7 Å². The van der Waals surface area contributed by atoms with Gasteiger partial charge in [-0.1, -0.05) is 12.1 Å². The fraction of sp³-hybridized carbons (Fsp3) is 0.200. The number of benzene rings is 1. The van der Waals surface area contributed by atoms with Crippen molar-refractivity contribution < 1.29 is 19.4 Å². The van der Waals surface area contributed by atoms with E-state index in [-0.39, 0.29) is 17.9 Å². The molecule has 0 saturated carbocycles. The summed E-state index contributed by atoms with van der Waals surface area (Å²) in [6.07, 6.45) is 0. The van der Waals surface area contributed by atoms with Crippen molar-refractivity contribution in [3.63, 3.8) is 0 Å². The molecule has 0 amide bonds. The van der Waals surface area contributed by atoms with Crippen LogP contribution in [0.5, 0.6) is 5.75 Å². The Balaban J connectivity index is 2.70. The van der Waals surface area contributed by atoms with E-state index in [2.05, 4.69) is 4.74 Å². The third-order valence-electron chi connectivity index (χ3n) is 1.61. The van der Waals surface area contributed by atoms with Gasteiger partial charge in [0.1, 0.15) is 5.75 Å². The Morgan fingerprint density at radius 2 is 2.00 bits per heavy atom. The molecule has 0 atom stereocenters. The zero-order chi connectivity index (χ0) is 10.6. The zero-order valence-corrected chi connectivity index (χ0v) is 7.69. The maximum Gasteiger partial charge on any atom is 0.303 e. The average molecular weight is 194 g/mol. The molecule has 0 saturated heterocycles. The van der Waals surface area contributed by atoms with Crippen LogP contribution in [-0.2, 0) is 9.53 Å². The molecular weight excluding hydrogens is 184 g/mol. The highest BCUT2D eigenvalue weighted by Crippen LogP contribution is 2.15. The number of ether oxygens (including phenoxy) is 1. The van der Waals surface area contributed by atoms with Gasteiger partial charge in [-0.15, -0.1) is 0 Å². The summed E-state index contributed by atoms with van der Waals surface area (Å²) in [5, 5.41) is 9.28. The van der Waals surface area contributed by atoms with Crippen molar-refractivity contribution in [2.24, 2.45) is 0 Å². The summed E-state index contributed by atoms with van der Waals surface area (Å²) in [4.78, 5) is 21.8. The van der Waals surface area contributed by atoms with Gasteiger partial charge in [0.15, 0.2) is 6.61 Å². The number of para-hydroxylation sites is 1. The number of ketones is 1. The second-order valence-corrected chi connectivity index (χ2v) is 2.72. The van der Waals surface area contributed by atoms with E-state index in [1.807, 2.05) is 0 Å². The lowest BCUT2D eigenvalue weighted by atomic mass is 10.1. The predicted molar refractivity (Wildman–Crippen MR) is 49.1 cm³/mol. The van der Waals surface area contributed by atoms with Crippen LogP contribution in [0.2, 0.25) is 0 Å². The highest BCUT2D eigenvalue weighted by atomic mass is 16.5. The van der Waals surface area contributed by atoms with Crippen LogP contribution < -0.4 is 0 Å². The molecule has 0 unspecified atom stereocenters. The number of hydrogen-bond acceptors (Lipinski definition) is 4. The van der Waals surface area contributed by atoms with Crippen LogP contribution in [0.3, 0.4) is 0 Å². The van der Waals surface area contributed by atoms with Crippen molar-refractivity contribution in [1.29, 1.82) is 0 Å². The minimum absolute atomic E-state index is 0.107. The van der Waals surface area contributed by atoms with Crippen molar-refractivity contribution in [2.45, 2.75) is 6.92 Å². The lowest BCUT2D eigenvalue weighted by molar-refractivity contribution is -0.139. The molecule has 0 spiro atoms. The zero-order valence-electron chi connectivity index (χ0n) is 7.69. The van der Waals surface area contributed by atoms with Crippen LogP contribution in [0, 0.1) is 0 Å². The number of phenols is 1. The van der Waals surface area contributed by atoms with Crippen LogP contribution in [-0.4, -0.2) is 23.5 Å². The highest BCUT2D eigenvalue weighted by Gasteiger charge is 2.11. The number of Topliss-reactive ketones (excluding diaryl/α,β-unsaturated/α-hetero) is 1. The van der Waals surface area contributed by atoms with E-state index in [1.54, 1.807) is 12.1 Å². The van der Waals surface area contributed by atoms with E-state index >= 15 is 0 Å². The molecule has 0 fully saturated rings. The van der Waals surface area contributed by atoms with E-state index < -0.39 is 11.8 Å². The predicted octanol–water partition coefficient (Wildman–Crippen LogP) is 1.14. The summed E-state index contributed by atoms with van der Waals surface area (Å²) in [6.45, 7) is 0.880. The van der Waals surface area contributed by atoms with Crippen LogP contribution in [0.25, 0.3) is 0 Å². The second-order valence-electron chi connectivity index (χ2n) is 2.72. The number of hydrogen-bond donors (Lipinski definition) is 1. The lowest BCUT2D eigenvalue weighted by Crippen LogP contribution is -2.11. The second kappa shape index (κ2) is 4.41. The molecule has 0 aromatic heterocycles. The first kappa shape index (κ1) is 10.2. The van der Waals surface area contributed by atoms with Gasteiger partial charge in [0, 0.05) is 6.92 Å². The van der Waals surface area contributed by atoms with Gasteiger partial charge in [0.05, 0.1) is 5.56 Å². The first-order valence-electron chi connectivity index (χ1n) is 4.06. The number of carbonyl (C=O) groups excluding carboxylic acids is 2. The summed E-state index contributed by atoms with van der Waals surface area (Å²) < 4.78 is 4.51. The fourth-order valence-electron chi connectivity index (χ4n) is 0.954. The first-order chi connectivity index (χ1) is 6.61. The van der Waals surface area contributed by atoms with Gasteiger partial charge < -0.3 is 9.84 Å². The maximum absolute atomic E-state index is 11.3. The van der Waals surface area contributed by atoms with E-state index in [4.69, 9.17) is 0 Å². The molecule has 0 aliphatic carbocycles. The summed E-state index contributed by atoms with van der Waals surface area (Å²) in [7, 11) is 0. The van der Waals surface area contributed by atoms with Crippen molar-refractivity contribution >= 4 is 11.8 Å². The first-order valence-corrected chi connectivity index (χ1v) is 4.06. The smallest absolute Gasteiger partial charge is 0.303 e. The number of phenolic OH excluding ortho intramolecular Hbond substituents is 1. The number of esters is 1. The molecule has 1 aromatic rings. The Kier molecular flexibility index (Phi) is 3.23. The molecule has 0 aliphatic rings. The standard InChI is InChI=1S/C10H10O4/c1-7(11)14-6-10(13)8-4-2-3-5-9(8)12/h2-5,12H,6H2,1H3. The van der Waals surface area contributed by atoms with E-state index in [1.165, 1.54) is 19.1 Å². The third-order valence-corrected chi connectivity index (χ3v) is 1.61. The Bertz CT molecular complexity index is 357. The summed E-state index contributed by atoms with van der Waals surface area (Å²) in [5.41, 5.74) is 0.161. The molecule has 0 bridgehead atoms. The van der Waals surface area contributed by atoms with Crippen molar-refractivity contribution in [2.75, 3.05) is 6.61 Å². The van der Waals surface area contributed by atoms with Crippen molar-refractivity contribution in [1.82, 2.24) is 0 Å². The summed E-state index contributed by atoms with van der Waals surface area (Å²) in [5.74, 6) is -1.04. The molecule has 0 aliphatic heterocycles. The molecule has 4 heteroatoms. The van der Waals surface area contributed by atoms with E-state index in [0.717, 1.165) is 0 Å². The molecule has 1 N–H and O–H groups in total. The van der Waals surface area contributed by atoms with E-state index in [0.29, 0.717) is 0 Å².